The van der Waals surface area contributed by atoms with E-state index in [9.17, 15) is 4.79 Å². The van der Waals surface area contributed by atoms with Crippen LogP contribution in [0.2, 0.25) is 0 Å². The van der Waals surface area contributed by atoms with Crippen molar-refractivity contribution in [1.82, 2.24) is 0 Å². The van der Waals surface area contributed by atoms with Crippen LogP contribution >= 0.6 is 27.7 Å². The normalized spacial score (nSPS) is 10.2. The Hall–Kier alpha value is -1.26. The van der Waals surface area contributed by atoms with E-state index in [0.29, 0.717) is 6.42 Å². The number of carbonyl (C=O) groups excluding carboxylic acids is 1. The van der Waals surface area contributed by atoms with Gasteiger partial charge in [0.2, 0.25) is 5.91 Å². The van der Waals surface area contributed by atoms with Gasteiger partial charge < -0.3 is 5.32 Å². The van der Waals surface area contributed by atoms with Crippen molar-refractivity contribution in [2.24, 2.45) is 0 Å². The van der Waals surface area contributed by atoms with E-state index in [4.69, 9.17) is 0 Å². The average Bonchev–Trinajstić information content (AvgIpc) is 2.42. The summed E-state index contributed by atoms with van der Waals surface area (Å²) in [6.07, 6.45) is 2.43. The molecule has 0 aliphatic heterocycles. The number of nitrogens with one attached hydrogen (secondary N) is 1. The Labute approximate surface area is 125 Å². The Bertz CT molecular complexity index is 551. The quantitative estimate of drug-likeness (QED) is 0.841. The molecule has 0 radical (unpaired) electrons. The lowest BCUT2D eigenvalue weighted by molar-refractivity contribution is -0.115. The molecule has 0 aliphatic rings. The molecule has 0 spiro atoms. The zero-order valence-electron chi connectivity index (χ0n) is 10.5. The van der Waals surface area contributed by atoms with Crippen LogP contribution in [0.5, 0.6) is 0 Å². The van der Waals surface area contributed by atoms with Crippen LogP contribution in [0.25, 0.3) is 0 Å². The van der Waals surface area contributed by atoms with Crippen LogP contribution < -0.4 is 5.32 Å². The minimum atomic E-state index is -0.000719. The summed E-state index contributed by atoms with van der Waals surface area (Å²) in [7, 11) is 0. The number of benzene rings is 2. The highest BCUT2D eigenvalue weighted by Crippen LogP contribution is 2.16. The fourth-order valence-electron chi connectivity index (χ4n) is 1.67. The third-order valence-corrected chi connectivity index (χ3v) is 3.92. The molecule has 2 nitrogen and oxygen atoms in total. The zero-order valence-corrected chi connectivity index (χ0v) is 12.9. The third kappa shape index (κ3) is 4.40. The van der Waals surface area contributed by atoms with Crippen LogP contribution in [0, 0.1) is 0 Å². The van der Waals surface area contributed by atoms with E-state index in [1.54, 1.807) is 11.8 Å². The lowest BCUT2D eigenvalue weighted by Crippen LogP contribution is -2.14. The van der Waals surface area contributed by atoms with Crippen LogP contribution in [-0.2, 0) is 11.2 Å². The van der Waals surface area contributed by atoms with E-state index in [2.05, 4.69) is 21.2 Å². The van der Waals surface area contributed by atoms with Gasteiger partial charge in [-0.3, -0.25) is 4.79 Å². The SMILES string of the molecule is CSc1ccc(CC(=O)Nc2ccc(Br)cc2)cc1. The summed E-state index contributed by atoms with van der Waals surface area (Å²) in [5.74, 6) is -0.000719. The van der Waals surface area contributed by atoms with Gasteiger partial charge >= 0.3 is 0 Å². The molecule has 19 heavy (non-hydrogen) atoms. The maximum atomic E-state index is 11.9. The molecule has 0 aromatic heterocycles. The highest BCUT2D eigenvalue weighted by Gasteiger charge is 2.04. The first-order valence-electron chi connectivity index (χ1n) is 5.86. The second kappa shape index (κ2) is 6.78. The van der Waals surface area contributed by atoms with Gasteiger partial charge in [-0.15, -0.1) is 11.8 Å². The second-order valence-corrected chi connectivity index (χ2v) is 5.88. The Balaban J connectivity index is 1.95. The molecule has 0 unspecified atom stereocenters. The van der Waals surface area contributed by atoms with Crippen molar-refractivity contribution in [3.05, 3.63) is 58.6 Å². The lowest BCUT2D eigenvalue weighted by atomic mass is 10.1. The fourth-order valence-corrected chi connectivity index (χ4v) is 2.34. The molecule has 0 heterocycles. The Kier molecular flexibility index (Phi) is 5.05. The molecule has 2 aromatic carbocycles. The van der Waals surface area contributed by atoms with Gasteiger partial charge in [-0.2, -0.15) is 0 Å². The Morgan fingerprint density at radius 1 is 1.11 bits per heavy atom. The molecule has 0 fully saturated rings. The highest BCUT2D eigenvalue weighted by atomic mass is 79.9. The van der Waals surface area contributed by atoms with Gasteiger partial charge in [0.05, 0.1) is 6.42 Å². The summed E-state index contributed by atoms with van der Waals surface area (Å²) in [6, 6.07) is 15.6. The number of amides is 1. The van der Waals surface area contributed by atoms with E-state index >= 15 is 0 Å². The Morgan fingerprint density at radius 3 is 2.32 bits per heavy atom. The first kappa shape index (κ1) is 14.2. The van der Waals surface area contributed by atoms with Gasteiger partial charge in [-0.1, -0.05) is 28.1 Å². The molecular formula is C15H14BrNOS. The van der Waals surface area contributed by atoms with Gasteiger partial charge in [0.25, 0.3) is 0 Å². The summed E-state index contributed by atoms with van der Waals surface area (Å²) < 4.78 is 0.998. The molecule has 98 valence electrons. The van der Waals surface area contributed by atoms with Crippen LogP contribution in [-0.4, -0.2) is 12.2 Å². The zero-order chi connectivity index (χ0) is 13.7. The van der Waals surface area contributed by atoms with E-state index in [-0.39, 0.29) is 5.91 Å². The highest BCUT2D eigenvalue weighted by molar-refractivity contribution is 9.10. The molecular weight excluding hydrogens is 322 g/mol. The monoisotopic (exact) mass is 335 g/mol. The van der Waals surface area contributed by atoms with Crippen LogP contribution in [0.1, 0.15) is 5.56 Å². The van der Waals surface area contributed by atoms with Crippen LogP contribution in [0.3, 0.4) is 0 Å². The van der Waals surface area contributed by atoms with Gasteiger partial charge in [0.15, 0.2) is 0 Å². The van der Waals surface area contributed by atoms with E-state index in [0.717, 1.165) is 15.7 Å². The van der Waals surface area contributed by atoms with Crippen molar-refractivity contribution >= 4 is 39.3 Å². The predicted molar refractivity (Wildman–Crippen MR) is 84.7 cm³/mol. The topological polar surface area (TPSA) is 29.1 Å². The first-order chi connectivity index (χ1) is 9.17. The van der Waals surface area contributed by atoms with Crippen molar-refractivity contribution in [3.63, 3.8) is 0 Å². The summed E-state index contributed by atoms with van der Waals surface area (Å²) >= 11 is 5.06. The third-order valence-electron chi connectivity index (χ3n) is 2.65. The van der Waals surface area contributed by atoms with E-state index in [1.807, 2.05) is 54.8 Å². The van der Waals surface area contributed by atoms with Crippen LogP contribution in [0.15, 0.2) is 57.9 Å². The molecule has 4 heteroatoms. The molecule has 0 atom stereocenters. The number of hydrogen-bond donors (Lipinski definition) is 1. The standard InChI is InChI=1S/C15H14BrNOS/c1-19-14-8-2-11(3-9-14)10-15(18)17-13-6-4-12(16)5-7-13/h2-9H,10H2,1H3,(H,17,18). The van der Waals surface area contributed by atoms with Crippen molar-refractivity contribution in [2.45, 2.75) is 11.3 Å². The molecule has 0 aliphatic carbocycles. The summed E-state index contributed by atoms with van der Waals surface area (Å²) in [4.78, 5) is 13.1. The van der Waals surface area contributed by atoms with Gasteiger partial charge in [0, 0.05) is 15.1 Å². The molecule has 0 saturated heterocycles. The van der Waals surface area contributed by atoms with E-state index < -0.39 is 0 Å². The lowest BCUT2D eigenvalue weighted by Gasteiger charge is -2.06. The summed E-state index contributed by atoms with van der Waals surface area (Å²) in [5.41, 5.74) is 1.83. The predicted octanol–water partition coefficient (Wildman–Crippen LogP) is 4.35. The Morgan fingerprint density at radius 2 is 1.74 bits per heavy atom. The number of anilines is 1. The van der Waals surface area contributed by atoms with Gasteiger partial charge in [-0.25, -0.2) is 0 Å². The van der Waals surface area contributed by atoms with Crippen LogP contribution in [0.4, 0.5) is 5.69 Å². The number of rotatable bonds is 4. The van der Waals surface area contributed by atoms with Crippen molar-refractivity contribution in [2.75, 3.05) is 11.6 Å². The maximum Gasteiger partial charge on any atom is 0.228 e. The number of thioether (sulfide) groups is 1. The van der Waals surface area contributed by atoms with Crippen molar-refractivity contribution in [1.29, 1.82) is 0 Å². The fraction of sp³-hybridized carbons (Fsp3) is 0.133. The number of halogens is 1. The van der Waals surface area contributed by atoms with Gasteiger partial charge in [0.1, 0.15) is 0 Å². The van der Waals surface area contributed by atoms with Gasteiger partial charge in [-0.05, 0) is 48.2 Å². The molecule has 0 saturated carbocycles. The largest absolute Gasteiger partial charge is 0.326 e. The number of hydrogen-bond acceptors (Lipinski definition) is 2. The first-order valence-corrected chi connectivity index (χ1v) is 7.87. The van der Waals surface area contributed by atoms with Crippen molar-refractivity contribution < 1.29 is 4.79 Å². The van der Waals surface area contributed by atoms with E-state index in [1.165, 1.54) is 4.90 Å². The molecule has 2 aromatic rings. The minimum absolute atomic E-state index is 0.000719. The molecule has 1 amide bonds. The minimum Gasteiger partial charge on any atom is -0.326 e. The van der Waals surface area contributed by atoms with Crippen molar-refractivity contribution in [3.8, 4) is 0 Å². The number of carbonyl (C=O) groups is 1. The average molecular weight is 336 g/mol. The molecule has 0 bridgehead atoms. The molecule has 1 N–H and O–H groups in total. The smallest absolute Gasteiger partial charge is 0.228 e. The summed E-state index contributed by atoms with van der Waals surface area (Å²) in [5, 5.41) is 2.88. The second-order valence-electron chi connectivity index (χ2n) is 4.08. The maximum absolute atomic E-state index is 11.9. The molecule has 2 rings (SSSR count). The summed E-state index contributed by atoms with van der Waals surface area (Å²) in [6.45, 7) is 0.